The second-order valence-electron chi connectivity index (χ2n) is 8.40. The molecule has 0 radical (unpaired) electrons. The Kier molecular flexibility index (Phi) is 5.88. The molecular formula is C24H30N2O3. The Hall–Kier alpha value is -2.37. The zero-order chi connectivity index (χ0) is 20.3. The number of likely N-dealkylation sites (tertiary alicyclic amines) is 1. The fourth-order valence-electron chi connectivity index (χ4n) is 4.60. The molecule has 2 aromatic rings. The number of carbonyl (C=O) groups excluding carboxylic acids is 1. The fourth-order valence-corrected chi connectivity index (χ4v) is 4.60. The van der Waals surface area contributed by atoms with Crippen molar-refractivity contribution in [2.45, 2.75) is 25.9 Å². The summed E-state index contributed by atoms with van der Waals surface area (Å²) in [6.45, 7) is 6.85. The van der Waals surface area contributed by atoms with Crippen LogP contribution in [0.5, 0.6) is 5.75 Å². The average molecular weight is 395 g/mol. The monoisotopic (exact) mass is 394 g/mol. The van der Waals surface area contributed by atoms with Gasteiger partial charge in [0.2, 0.25) is 5.91 Å². The van der Waals surface area contributed by atoms with Crippen LogP contribution in [0.2, 0.25) is 0 Å². The van der Waals surface area contributed by atoms with Crippen molar-refractivity contribution in [2.75, 3.05) is 40.0 Å². The third-order valence-corrected chi connectivity index (χ3v) is 6.19. The van der Waals surface area contributed by atoms with Crippen molar-refractivity contribution in [3.05, 3.63) is 65.7 Å². The summed E-state index contributed by atoms with van der Waals surface area (Å²) < 4.78 is 11.2. The quantitative estimate of drug-likeness (QED) is 0.778. The van der Waals surface area contributed by atoms with Crippen molar-refractivity contribution in [1.29, 1.82) is 0 Å². The van der Waals surface area contributed by atoms with Gasteiger partial charge >= 0.3 is 0 Å². The van der Waals surface area contributed by atoms with Crippen LogP contribution in [0.15, 0.2) is 54.6 Å². The fraction of sp³-hybridized carbons (Fsp3) is 0.458. The lowest BCUT2D eigenvalue weighted by Gasteiger charge is -2.33. The first-order valence-electron chi connectivity index (χ1n) is 10.4. The van der Waals surface area contributed by atoms with Crippen molar-refractivity contribution in [3.8, 4) is 5.75 Å². The number of carbonyl (C=O) groups is 1. The number of nitrogens with zero attached hydrogens (tertiary/aromatic N) is 2. The molecule has 29 heavy (non-hydrogen) atoms. The summed E-state index contributed by atoms with van der Waals surface area (Å²) in [6, 6.07) is 18.6. The molecule has 0 aromatic heterocycles. The van der Waals surface area contributed by atoms with Crippen molar-refractivity contribution in [2.24, 2.45) is 5.41 Å². The Bertz CT molecular complexity index is 824. The second-order valence-corrected chi connectivity index (χ2v) is 8.40. The lowest BCUT2D eigenvalue weighted by atomic mass is 9.87. The summed E-state index contributed by atoms with van der Waals surface area (Å²) in [6.07, 6.45) is 0.559. The standard InChI is InChI=1S/C24H30N2O3/c1-19(21-6-4-3-5-7-21)26-17-24(14-23(26)27)16-25(12-13-29-18-24)15-20-8-10-22(28-2)11-9-20/h3-11,19H,12-18H2,1-2H3. The van der Waals surface area contributed by atoms with Gasteiger partial charge in [0.05, 0.1) is 26.4 Å². The molecule has 1 spiro atoms. The van der Waals surface area contributed by atoms with Gasteiger partial charge in [-0.05, 0) is 30.2 Å². The van der Waals surface area contributed by atoms with E-state index in [4.69, 9.17) is 9.47 Å². The number of hydrogen-bond acceptors (Lipinski definition) is 4. The van der Waals surface area contributed by atoms with Gasteiger partial charge in [0, 0.05) is 38.0 Å². The largest absolute Gasteiger partial charge is 0.497 e. The van der Waals surface area contributed by atoms with Crippen LogP contribution in [-0.4, -0.2) is 55.7 Å². The molecule has 4 rings (SSSR count). The molecule has 2 heterocycles. The van der Waals surface area contributed by atoms with Crippen LogP contribution in [0, 0.1) is 5.41 Å². The molecule has 0 saturated carbocycles. The number of amides is 1. The summed E-state index contributed by atoms with van der Waals surface area (Å²) >= 11 is 0. The molecule has 2 aromatic carbocycles. The molecule has 5 heteroatoms. The van der Waals surface area contributed by atoms with Crippen molar-refractivity contribution < 1.29 is 14.3 Å². The van der Waals surface area contributed by atoms with Gasteiger partial charge in [-0.1, -0.05) is 42.5 Å². The number of benzene rings is 2. The van der Waals surface area contributed by atoms with Gasteiger partial charge in [-0.2, -0.15) is 0 Å². The van der Waals surface area contributed by atoms with Gasteiger partial charge in [0.15, 0.2) is 0 Å². The molecule has 5 nitrogen and oxygen atoms in total. The van der Waals surface area contributed by atoms with E-state index in [1.807, 2.05) is 35.2 Å². The average Bonchev–Trinajstić information content (AvgIpc) is 2.94. The first kappa shape index (κ1) is 19.9. The van der Waals surface area contributed by atoms with E-state index in [1.54, 1.807) is 7.11 Å². The minimum atomic E-state index is -0.136. The van der Waals surface area contributed by atoms with Gasteiger partial charge in [-0.25, -0.2) is 0 Å². The van der Waals surface area contributed by atoms with Gasteiger partial charge in [0.1, 0.15) is 5.75 Å². The molecule has 1 amide bonds. The van der Waals surface area contributed by atoms with Crippen molar-refractivity contribution in [3.63, 3.8) is 0 Å². The predicted octanol–water partition coefficient (Wildman–Crippen LogP) is 3.51. The minimum Gasteiger partial charge on any atom is -0.497 e. The Balaban J connectivity index is 1.47. The molecule has 0 aliphatic carbocycles. The van der Waals surface area contributed by atoms with Gasteiger partial charge in [-0.3, -0.25) is 9.69 Å². The normalized spacial score (nSPS) is 23.9. The van der Waals surface area contributed by atoms with Crippen molar-refractivity contribution in [1.82, 2.24) is 9.80 Å². The van der Waals surface area contributed by atoms with Crippen LogP contribution in [-0.2, 0) is 16.1 Å². The van der Waals surface area contributed by atoms with E-state index >= 15 is 0 Å². The number of methoxy groups -OCH3 is 1. The zero-order valence-electron chi connectivity index (χ0n) is 17.3. The maximum atomic E-state index is 12.9. The molecule has 2 unspecified atom stereocenters. The number of hydrogen-bond donors (Lipinski definition) is 0. The third-order valence-electron chi connectivity index (χ3n) is 6.19. The van der Waals surface area contributed by atoms with Gasteiger partial charge in [-0.15, -0.1) is 0 Å². The van der Waals surface area contributed by atoms with E-state index in [-0.39, 0.29) is 17.4 Å². The lowest BCUT2D eigenvalue weighted by molar-refractivity contribution is -0.129. The van der Waals surface area contributed by atoms with Crippen LogP contribution in [0.1, 0.15) is 30.5 Å². The van der Waals surface area contributed by atoms with Crippen LogP contribution >= 0.6 is 0 Å². The van der Waals surface area contributed by atoms with E-state index in [9.17, 15) is 4.79 Å². The Morgan fingerprint density at radius 3 is 2.59 bits per heavy atom. The maximum absolute atomic E-state index is 12.9. The summed E-state index contributed by atoms with van der Waals surface area (Å²) in [4.78, 5) is 17.4. The van der Waals surface area contributed by atoms with E-state index in [0.717, 1.165) is 31.9 Å². The highest BCUT2D eigenvalue weighted by molar-refractivity contribution is 5.80. The summed E-state index contributed by atoms with van der Waals surface area (Å²) in [5, 5.41) is 0. The molecule has 2 aliphatic rings. The Morgan fingerprint density at radius 1 is 1.10 bits per heavy atom. The summed E-state index contributed by atoms with van der Waals surface area (Å²) in [5.41, 5.74) is 2.30. The number of ether oxygens (including phenoxy) is 2. The zero-order valence-corrected chi connectivity index (χ0v) is 17.3. The van der Waals surface area contributed by atoms with E-state index in [1.165, 1.54) is 11.1 Å². The van der Waals surface area contributed by atoms with Crippen LogP contribution in [0.25, 0.3) is 0 Å². The van der Waals surface area contributed by atoms with Gasteiger partial charge < -0.3 is 14.4 Å². The minimum absolute atomic E-state index is 0.0846. The van der Waals surface area contributed by atoms with Crippen LogP contribution < -0.4 is 4.74 Å². The van der Waals surface area contributed by atoms with Crippen LogP contribution in [0.4, 0.5) is 0 Å². The molecule has 154 valence electrons. The topological polar surface area (TPSA) is 42.0 Å². The highest BCUT2D eigenvalue weighted by atomic mass is 16.5. The molecule has 2 atom stereocenters. The highest BCUT2D eigenvalue weighted by Crippen LogP contribution is 2.38. The lowest BCUT2D eigenvalue weighted by Crippen LogP contribution is -2.40. The van der Waals surface area contributed by atoms with E-state index < -0.39 is 0 Å². The summed E-state index contributed by atoms with van der Waals surface area (Å²) in [7, 11) is 1.68. The molecular weight excluding hydrogens is 364 g/mol. The molecule has 0 bridgehead atoms. The molecule has 2 aliphatic heterocycles. The van der Waals surface area contributed by atoms with E-state index in [2.05, 4.69) is 36.1 Å². The molecule has 2 fully saturated rings. The Labute approximate surface area is 173 Å². The van der Waals surface area contributed by atoms with E-state index in [0.29, 0.717) is 19.6 Å². The molecule has 0 N–H and O–H groups in total. The SMILES string of the molecule is COc1ccc(CN2CCOCC3(CC(=O)N(C(C)c4ccccc4)C3)C2)cc1. The van der Waals surface area contributed by atoms with Crippen LogP contribution in [0.3, 0.4) is 0 Å². The predicted molar refractivity (Wildman–Crippen MR) is 113 cm³/mol. The smallest absolute Gasteiger partial charge is 0.223 e. The van der Waals surface area contributed by atoms with Crippen molar-refractivity contribution >= 4 is 5.91 Å². The highest BCUT2D eigenvalue weighted by Gasteiger charge is 2.46. The first-order valence-corrected chi connectivity index (χ1v) is 10.4. The third kappa shape index (κ3) is 4.46. The first-order chi connectivity index (χ1) is 14.1. The second kappa shape index (κ2) is 8.56. The Morgan fingerprint density at radius 2 is 1.86 bits per heavy atom. The number of rotatable bonds is 5. The van der Waals surface area contributed by atoms with Gasteiger partial charge in [0.25, 0.3) is 0 Å². The molecule has 2 saturated heterocycles. The maximum Gasteiger partial charge on any atom is 0.223 e. The summed E-state index contributed by atoms with van der Waals surface area (Å²) in [5.74, 6) is 1.10.